The van der Waals surface area contributed by atoms with Gasteiger partial charge in [-0.25, -0.2) is 0 Å². The normalized spacial score (nSPS) is 12.7. The molecule has 0 saturated carbocycles. The zero-order chi connectivity index (χ0) is 47.2. The van der Waals surface area contributed by atoms with Gasteiger partial charge in [-0.2, -0.15) is 0 Å². The van der Waals surface area contributed by atoms with E-state index in [2.05, 4.69) is 106 Å². The van der Waals surface area contributed by atoms with Gasteiger partial charge in [0.05, 0.1) is 0 Å². The third-order valence-electron chi connectivity index (χ3n) is 11.4. The van der Waals surface area contributed by atoms with E-state index in [1.807, 2.05) is 0 Å². The summed E-state index contributed by atoms with van der Waals surface area (Å²) in [7, 11) is 0. The standard InChI is InChI=1S/C59H100O6/c1-4-7-10-13-16-19-21-23-25-26-27-28-29-30-31-32-34-35-37-40-43-46-49-52-58(61)64-55-56(54-63-57(60)51-48-45-42-39-18-15-12-9-6-3)65-59(62)53-50-47-44-41-38-36-33-24-22-20-17-14-11-8-5-2/h8,11,17,20-21,23-24,26-27,29-30,33,38,41,56H,4-7,9-10,12-16,18-19,22,25,28,31-32,34-37,39-40,42-55H2,1-3H3/b11-8-,20-17-,23-21-,27-26-,30-29-,33-24-,41-38-. The second-order valence-electron chi connectivity index (χ2n) is 17.8. The fourth-order valence-electron chi connectivity index (χ4n) is 7.32. The minimum Gasteiger partial charge on any atom is -0.462 e. The van der Waals surface area contributed by atoms with Gasteiger partial charge >= 0.3 is 17.9 Å². The summed E-state index contributed by atoms with van der Waals surface area (Å²) in [6.07, 6.45) is 68.7. The molecule has 0 saturated heterocycles. The predicted octanol–water partition coefficient (Wildman–Crippen LogP) is 18.0. The van der Waals surface area contributed by atoms with Crippen molar-refractivity contribution < 1.29 is 28.6 Å². The van der Waals surface area contributed by atoms with Crippen LogP contribution in [0.1, 0.15) is 252 Å². The van der Waals surface area contributed by atoms with E-state index in [0.29, 0.717) is 19.3 Å². The molecule has 0 aromatic heterocycles. The Morgan fingerprint density at radius 1 is 0.323 bits per heavy atom. The van der Waals surface area contributed by atoms with E-state index in [9.17, 15) is 14.4 Å². The molecule has 0 rings (SSSR count). The summed E-state index contributed by atoms with van der Waals surface area (Å²) >= 11 is 0. The zero-order valence-electron chi connectivity index (χ0n) is 42.5. The third kappa shape index (κ3) is 51.4. The van der Waals surface area contributed by atoms with E-state index in [0.717, 1.165) is 96.3 Å². The van der Waals surface area contributed by atoms with Crippen molar-refractivity contribution in [2.24, 2.45) is 0 Å². The number of carbonyl (C=O) groups is 3. The van der Waals surface area contributed by atoms with Gasteiger partial charge in [0.15, 0.2) is 6.10 Å². The Morgan fingerprint density at radius 2 is 0.600 bits per heavy atom. The van der Waals surface area contributed by atoms with Crippen molar-refractivity contribution in [1.82, 2.24) is 0 Å². The molecule has 1 unspecified atom stereocenters. The number of hydrogen-bond donors (Lipinski definition) is 0. The summed E-state index contributed by atoms with van der Waals surface area (Å²) in [5.74, 6) is -0.946. The fraction of sp³-hybridized carbons (Fsp3) is 0.712. The molecule has 0 amide bonds. The van der Waals surface area contributed by atoms with Crippen molar-refractivity contribution in [2.45, 2.75) is 258 Å². The maximum absolute atomic E-state index is 12.8. The minimum absolute atomic E-state index is 0.0949. The Labute approximate surface area is 401 Å². The monoisotopic (exact) mass is 905 g/mol. The van der Waals surface area contributed by atoms with E-state index in [-0.39, 0.29) is 37.5 Å². The number of hydrogen-bond acceptors (Lipinski definition) is 6. The van der Waals surface area contributed by atoms with Gasteiger partial charge in [-0.15, -0.1) is 0 Å². The molecule has 0 aromatic carbocycles. The molecule has 0 bridgehead atoms. The maximum Gasteiger partial charge on any atom is 0.306 e. The highest BCUT2D eigenvalue weighted by atomic mass is 16.6. The van der Waals surface area contributed by atoms with Crippen molar-refractivity contribution >= 4 is 17.9 Å². The first-order chi connectivity index (χ1) is 32.0. The second kappa shape index (κ2) is 53.2. The van der Waals surface area contributed by atoms with Crippen molar-refractivity contribution in [3.05, 3.63) is 85.1 Å². The largest absolute Gasteiger partial charge is 0.462 e. The first kappa shape index (κ1) is 61.6. The van der Waals surface area contributed by atoms with Crippen molar-refractivity contribution in [2.75, 3.05) is 13.2 Å². The zero-order valence-corrected chi connectivity index (χ0v) is 42.5. The molecule has 0 aliphatic rings. The highest BCUT2D eigenvalue weighted by Gasteiger charge is 2.19. The van der Waals surface area contributed by atoms with Gasteiger partial charge in [-0.3, -0.25) is 14.4 Å². The first-order valence-electron chi connectivity index (χ1n) is 27.1. The summed E-state index contributed by atoms with van der Waals surface area (Å²) in [5, 5.41) is 0. The lowest BCUT2D eigenvalue weighted by Gasteiger charge is -2.18. The molecule has 0 aliphatic carbocycles. The molecule has 0 N–H and O–H groups in total. The summed E-state index contributed by atoms with van der Waals surface area (Å²) < 4.78 is 16.7. The molecule has 0 heterocycles. The molecule has 0 spiro atoms. The molecule has 0 radical (unpaired) electrons. The summed E-state index contributed by atoms with van der Waals surface area (Å²) in [5.41, 5.74) is 0. The lowest BCUT2D eigenvalue weighted by Crippen LogP contribution is -2.30. The van der Waals surface area contributed by atoms with Gasteiger partial charge in [0, 0.05) is 19.3 Å². The van der Waals surface area contributed by atoms with Gasteiger partial charge < -0.3 is 14.2 Å². The van der Waals surface area contributed by atoms with E-state index >= 15 is 0 Å². The summed E-state index contributed by atoms with van der Waals surface area (Å²) in [6.45, 7) is 6.45. The highest BCUT2D eigenvalue weighted by molar-refractivity contribution is 5.71. The number of unbranched alkanes of at least 4 members (excludes halogenated alkanes) is 23. The first-order valence-corrected chi connectivity index (χ1v) is 27.1. The number of allylic oxidation sites excluding steroid dienone is 14. The van der Waals surface area contributed by atoms with Crippen molar-refractivity contribution in [3.8, 4) is 0 Å². The Morgan fingerprint density at radius 3 is 0.969 bits per heavy atom. The molecule has 0 aromatic rings. The van der Waals surface area contributed by atoms with Gasteiger partial charge in [0.1, 0.15) is 13.2 Å². The van der Waals surface area contributed by atoms with Crippen LogP contribution in [0.15, 0.2) is 85.1 Å². The molecular weight excluding hydrogens is 805 g/mol. The van der Waals surface area contributed by atoms with Gasteiger partial charge in [-0.05, 0) is 96.3 Å². The number of carbonyl (C=O) groups excluding carboxylic acids is 3. The van der Waals surface area contributed by atoms with Gasteiger partial charge in [0.25, 0.3) is 0 Å². The van der Waals surface area contributed by atoms with Crippen LogP contribution in [-0.2, 0) is 28.6 Å². The van der Waals surface area contributed by atoms with Gasteiger partial charge in [0.2, 0.25) is 0 Å². The van der Waals surface area contributed by atoms with Crippen LogP contribution in [0.4, 0.5) is 0 Å². The molecular formula is C59H100O6. The number of esters is 3. The molecule has 1 atom stereocenters. The Kier molecular flexibility index (Phi) is 50.4. The van der Waals surface area contributed by atoms with Crippen LogP contribution >= 0.6 is 0 Å². The van der Waals surface area contributed by atoms with Crippen LogP contribution in [0.25, 0.3) is 0 Å². The molecule has 6 heteroatoms. The molecule has 6 nitrogen and oxygen atoms in total. The SMILES string of the molecule is CC/C=C\C/C=C\C/C=C\C/C=C\CCCCC(=O)OC(COC(=O)CCCCCCCCCCC)COC(=O)CCCCCCCCCC/C=C\C/C=C\C/C=C\CCCCCCC. The van der Waals surface area contributed by atoms with E-state index in [4.69, 9.17) is 14.2 Å². The van der Waals surface area contributed by atoms with Crippen LogP contribution in [0.2, 0.25) is 0 Å². The van der Waals surface area contributed by atoms with E-state index in [1.165, 1.54) is 109 Å². The Balaban J connectivity index is 4.33. The second-order valence-corrected chi connectivity index (χ2v) is 17.8. The topological polar surface area (TPSA) is 78.9 Å². The van der Waals surface area contributed by atoms with Crippen LogP contribution < -0.4 is 0 Å². The summed E-state index contributed by atoms with van der Waals surface area (Å²) in [4.78, 5) is 37.9. The number of ether oxygens (including phenoxy) is 3. The average Bonchev–Trinajstić information content (AvgIpc) is 3.30. The smallest absolute Gasteiger partial charge is 0.306 e. The maximum atomic E-state index is 12.8. The lowest BCUT2D eigenvalue weighted by molar-refractivity contribution is -0.167. The average molecular weight is 905 g/mol. The quantitative estimate of drug-likeness (QED) is 0.0262. The van der Waals surface area contributed by atoms with Crippen molar-refractivity contribution in [3.63, 3.8) is 0 Å². The third-order valence-corrected chi connectivity index (χ3v) is 11.4. The molecule has 0 fully saturated rings. The van der Waals surface area contributed by atoms with Gasteiger partial charge in [-0.1, -0.05) is 221 Å². The molecule has 65 heavy (non-hydrogen) atoms. The lowest BCUT2D eigenvalue weighted by atomic mass is 10.1. The van der Waals surface area contributed by atoms with Crippen LogP contribution in [0.5, 0.6) is 0 Å². The van der Waals surface area contributed by atoms with E-state index in [1.54, 1.807) is 0 Å². The van der Waals surface area contributed by atoms with Crippen molar-refractivity contribution in [1.29, 1.82) is 0 Å². The van der Waals surface area contributed by atoms with Crippen LogP contribution in [0, 0.1) is 0 Å². The van der Waals surface area contributed by atoms with E-state index < -0.39 is 6.10 Å². The Bertz CT molecular complexity index is 1270. The summed E-state index contributed by atoms with van der Waals surface area (Å²) in [6, 6.07) is 0. The number of rotatable bonds is 48. The highest BCUT2D eigenvalue weighted by Crippen LogP contribution is 2.14. The molecule has 372 valence electrons. The minimum atomic E-state index is -0.799. The van der Waals surface area contributed by atoms with Crippen LogP contribution in [0.3, 0.4) is 0 Å². The Hall–Kier alpha value is -3.41. The molecule has 0 aliphatic heterocycles. The fourth-order valence-corrected chi connectivity index (χ4v) is 7.32. The predicted molar refractivity (Wildman–Crippen MR) is 279 cm³/mol. The van der Waals surface area contributed by atoms with Crippen LogP contribution in [-0.4, -0.2) is 37.2 Å².